The van der Waals surface area contributed by atoms with E-state index in [2.05, 4.69) is 37.6 Å². The third kappa shape index (κ3) is 4.63. The molecule has 0 atom stereocenters. The second kappa shape index (κ2) is 7.34. The van der Waals surface area contributed by atoms with Crippen LogP contribution in [0.15, 0.2) is 18.3 Å². The van der Waals surface area contributed by atoms with Gasteiger partial charge in [-0.2, -0.15) is 0 Å². The third-order valence-corrected chi connectivity index (χ3v) is 2.91. The maximum atomic E-state index is 8.91. The second-order valence-electron chi connectivity index (χ2n) is 4.94. The Kier molecular flexibility index (Phi) is 6.09. The maximum Gasteiger partial charge on any atom is 0.213 e. The van der Waals surface area contributed by atoms with E-state index in [1.807, 2.05) is 6.07 Å². The van der Waals surface area contributed by atoms with Crippen molar-refractivity contribution in [3.05, 3.63) is 23.9 Å². The van der Waals surface area contributed by atoms with E-state index in [9.17, 15) is 0 Å². The van der Waals surface area contributed by atoms with Crippen molar-refractivity contribution in [3.63, 3.8) is 0 Å². The molecule has 1 N–H and O–H groups in total. The van der Waals surface area contributed by atoms with Gasteiger partial charge in [-0.3, -0.25) is 4.90 Å². The van der Waals surface area contributed by atoms with Crippen LogP contribution in [0.1, 0.15) is 33.3 Å². The lowest BCUT2D eigenvalue weighted by atomic mass is 10.2. The van der Waals surface area contributed by atoms with Gasteiger partial charge in [0.2, 0.25) is 5.88 Å². The quantitative estimate of drug-likeness (QED) is 0.807. The van der Waals surface area contributed by atoms with Crippen molar-refractivity contribution < 1.29 is 9.84 Å². The van der Waals surface area contributed by atoms with Crippen LogP contribution in [0.25, 0.3) is 0 Å². The Morgan fingerprint density at radius 2 is 1.89 bits per heavy atom. The first kappa shape index (κ1) is 14.9. The van der Waals surface area contributed by atoms with Crippen molar-refractivity contribution in [2.75, 3.05) is 13.2 Å². The summed E-state index contributed by atoms with van der Waals surface area (Å²) in [5.74, 6) is 0.611. The molecule has 0 bridgehead atoms. The number of rotatable bonds is 7. The minimum Gasteiger partial charge on any atom is -0.476 e. The van der Waals surface area contributed by atoms with Gasteiger partial charge in [0.1, 0.15) is 6.61 Å². The van der Waals surface area contributed by atoms with Gasteiger partial charge < -0.3 is 9.84 Å². The summed E-state index contributed by atoms with van der Waals surface area (Å²) in [5, 5.41) is 8.91. The lowest BCUT2D eigenvalue weighted by Gasteiger charge is -2.30. The average Bonchev–Trinajstić information content (AvgIpc) is 2.34. The minimum atomic E-state index is 0.0156. The lowest BCUT2D eigenvalue weighted by Crippen LogP contribution is -2.39. The van der Waals surface area contributed by atoms with E-state index >= 15 is 0 Å². The van der Waals surface area contributed by atoms with Crippen LogP contribution >= 0.6 is 0 Å². The molecule has 0 aliphatic heterocycles. The number of ether oxygens (including phenoxy) is 1. The lowest BCUT2D eigenvalue weighted by molar-refractivity contribution is 0.140. The molecule has 0 aliphatic rings. The van der Waals surface area contributed by atoms with E-state index in [4.69, 9.17) is 9.84 Å². The fourth-order valence-electron chi connectivity index (χ4n) is 1.96. The number of hydrogen-bond acceptors (Lipinski definition) is 4. The van der Waals surface area contributed by atoms with Gasteiger partial charge in [-0.05, 0) is 39.3 Å². The van der Waals surface area contributed by atoms with Gasteiger partial charge in [-0.25, -0.2) is 4.98 Å². The number of aromatic nitrogens is 1. The van der Waals surface area contributed by atoms with Crippen LogP contribution in [-0.2, 0) is 6.61 Å². The van der Waals surface area contributed by atoms with Crippen molar-refractivity contribution in [3.8, 4) is 5.88 Å². The summed E-state index contributed by atoms with van der Waals surface area (Å²) in [6.07, 6.45) is 1.64. The summed E-state index contributed by atoms with van der Waals surface area (Å²) in [5.41, 5.74) is 0.799. The predicted octanol–water partition coefficient (Wildman–Crippen LogP) is 2.07. The average molecular weight is 252 g/mol. The highest BCUT2D eigenvalue weighted by Gasteiger charge is 2.12. The molecule has 0 fully saturated rings. The normalized spacial score (nSPS) is 11.6. The molecule has 102 valence electrons. The molecule has 0 aromatic carbocycles. The summed E-state index contributed by atoms with van der Waals surface area (Å²) in [6.45, 7) is 10.3. The van der Waals surface area contributed by atoms with E-state index in [0.29, 0.717) is 24.6 Å². The summed E-state index contributed by atoms with van der Waals surface area (Å²) in [6, 6.07) is 4.64. The van der Waals surface area contributed by atoms with E-state index in [1.54, 1.807) is 12.3 Å². The van der Waals surface area contributed by atoms with Crippen molar-refractivity contribution in [2.24, 2.45) is 0 Å². The van der Waals surface area contributed by atoms with Gasteiger partial charge in [0.25, 0.3) is 0 Å². The van der Waals surface area contributed by atoms with Gasteiger partial charge in [0.15, 0.2) is 0 Å². The van der Waals surface area contributed by atoms with Gasteiger partial charge >= 0.3 is 0 Å². The SMILES string of the molecule is CC(C)N(CCOc1ccc(CO)cn1)C(C)C. The van der Waals surface area contributed by atoms with E-state index < -0.39 is 0 Å². The molecular weight excluding hydrogens is 228 g/mol. The van der Waals surface area contributed by atoms with Gasteiger partial charge in [0, 0.05) is 30.9 Å². The number of pyridine rings is 1. The van der Waals surface area contributed by atoms with Crippen LogP contribution in [0.4, 0.5) is 0 Å². The Balaban J connectivity index is 2.40. The molecule has 0 radical (unpaired) electrons. The van der Waals surface area contributed by atoms with Crippen LogP contribution in [0.2, 0.25) is 0 Å². The monoisotopic (exact) mass is 252 g/mol. The van der Waals surface area contributed by atoms with Gasteiger partial charge in [-0.15, -0.1) is 0 Å². The molecule has 18 heavy (non-hydrogen) atoms. The number of aliphatic hydroxyl groups excluding tert-OH is 1. The molecule has 0 aliphatic carbocycles. The third-order valence-electron chi connectivity index (χ3n) is 2.91. The molecule has 4 heteroatoms. The molecule has 4 nitrogen and oxygen atoms in total. The van der Waals surface area contributed by atoms with Gasteiger partial charge in [0.05, 0.1) is 6.61 Å². The fourth-order valence-corrected chi connectivity index (χ4v) is 1.96. The molecular formula is C14H24N2O2. The van der Waals surface area contributed by atoms with Crippen molar-refractivity contribution >= 4 is 0 Å². The zero-order chi connectivity index (χ0) is 13.5. The van der Waals surface area contributed by atoms with Crippen molar-refractivity contribution in [2.45, 2.75) is 46.4 Å². The Hall–Kier alpha value is -1.13. The zero-order valence-electron chi connectivity index (χ0n) is 11.8. The molecule has 0 spiro atoms. The van der Waals surface area contributed by atoms with E-state index in [0.717, 1.165) is 12.1 Å². The zero-order valence-corrected chi connectivity index (χ0v) is 11.8. The molecule has 1 aromatic rings. The molecule has 1 aromatic heterocycles. The van der Waals surface area contributed by atoms with Crippen molar-refractivity contribution in [1.29, 1.82) is 0 Å². The molecule has 0 unspecified atom stereocenters. The van der Waals surface area contributed by atoms with E-state index in [1.165, 1.54) is 0 Å². The Morgan fingerprint density at radius 1 is 1.22 bits per heavy atom. The molecule has 0 saturated heterocycles. The van der Waals surface area contributed by atoms with Crippen LogP contribution < -0.4 is 4.74 Å². The summed E-state index contributed by atoms with van der Waals surface area (Å²) < 4.78 is 5.60. The first-order valence-electron chi connectivity index (χ1n) is 6.49. The smallest absolute Gasteiger partial charge is 0.213 e. The van der Waals surface area contributed by atoms with E-state index in [-0.39, 0.29) is 6.61 Å². The molecule has 1 rings (SSSR count). The molecule has 0 amide bonds. The Labute approximate surface area is 110 Å². The minimum absolute atomic E-state index is 0.0156. The fraction of sp³-hybridized carbons (Fsp3) is 0.643. The largest absolute Gasteiger partial charge is 0.476 e. The van der Waals surface area contributed by atoms with Crippen molar-refractivity contribution in [1.82, 2.24) is 9.88 Å². The summed E-state index contributed by atoms with van der Waals surface area (Å²) in [7, 11) is 0. The predicted molar refractivity (Wildman–Crippen MR) is 72.6 cm³/mol. The summed E-state index contributed by atoms with van der Waals surface area (Å²) >= 11 is 0. The topological polar surface area (TPSA) is 45.6 Å². The highest BCUT2D eigenvalue weighted by atomic mass is 16.5. The van der Waals surface area contributed by atoms with Gasteiger partial charge in [-0.1, -0.05) is 0 Å². The van der Waals surface area contributed by atoms with Crippen LogP contribution in [0.5, 0.6) is 5.88 Å². The number of aliphatic hydroxyl groups is 1. The molecule has 1 heterocycles. The number of hydrogen-bond donors (Lipinski definition) is 1. The maximum absolute atomic E-state index is 8.91. The van der Waals surface area contributed by atoms with Crippen LogP contribution in [-0.4, -0.2) is 40.2 Å². The Bertz CT molecular complexity index is 328. The first-order chi connectivity index (χ1) is 8.54. The van der Waals surface area contributed by atoms with Crippen LogP contribution in [0, 0.1) is 0 Å². The second-order valence-corrected chi connectivity index (χ2v) is 4.94. The number of nitrogens with zero attached hydrogens (tertiary/aromatic N) is 2. The Morgan fingerprint density at radius 3 is 2.33 bits per heavy atom. The van der Waals surface area contributed by atoms with Crippen LogP contribution in [0.3, 0.4) is 0 Å². The highest BCUT2D eigenvalue weighted by Crippen LogP contribution is 2.09. The first-order valence-corrected chi connectivity index (χ1v) is 6.49. The standard InChI is InChI=1S/C14H24N2O2/c1-11(2)16(12(3)4)7-8-18-14-6-5-13(10-17)9-15-14/h5-6,9,11-12,17H,7-8,10H2,1-4H3. The molecule has 0 saturated carbocycles. The highest BCUT2D eigenvalue weighted by molar-refractivity contribution is 5.16. The summed E-state index contributed by atoms with van der Waals surface area (Å²) in [4.78, 5) is 6.51.